The lowest BCUT2D eigenvalue weighted by Crippen LogP contribution is -2.37. The third kappa shape index (κ3) is 6.52. The zero-order valence-corrected chi connectivity index (χ0v) is 15.0. The molecule has 1 aromatic carbocycles. The summed E-state index contributed by atoms with van der Waals surface area (Å²) in [7, 11) is 1.56. The molecule has 0 aromatic heterocycles. The van der Waals surface area contributed by atoms with Crippen molar-refractivity contribution in [3.05, 3.63) is 35.1 Å². The largest absolute Gasteiger partial charge is 0.416 e. The lowest BCUT2D eigenvalue weighted by atomic mass is 10.1. The Labute approximate surface area is 150 Å². The summed E-state index contributed by atoms with van der Waals surface area (Å²) in [5.41, 5.74) is -0.979. The van der Waals surface area contributed by atoms with Gasteiger partial charge >= 0.3 is 6.18 Å². The minimum Gasteiger partial charge on any atom is -0.356 e. The van der Waals surface area contributed by atoms with Crippen LogP contribution >= 0.6 is 24.0 Å². The fourth-order valence-corrected chi connectivity index (χ4v) is 2.17. The van der Waals surface area contributed by atoms with Crippen LogP contribution in [0.3, 0.4) is 0 Å². The van der Waals surface area contributed by atoms with Gasteiger partial charge < -0.3 is 10.6 Å². The fraction of sp³-hybridized carbons (Fsp3) is 0.533. The van der Waals surface area contributed by atoms with Crippen LogP contribution in [-0.4, -0.2) is 19.6 Å². The van der Waals surface area contributed by atoms with Crippen molar-refractivity contribution in [2.75, 3.05) is 13.6 Å². The first-order valence-electron chi connectivity index (χ1n) is 7.20. The van der Waals surface area contributed by atoms with Crippen LogP contribution in [0.5, 0.6) is 0 Å². The van der Waals surface area contributed by atoms with Gasteiger partial charge in [0.15, 0.2) is 5.96 Å². The minimum absolute atomic E-state index is 0. The monoisotopic (exact) mass is 445 g/mol. The number of benzene rings is 1. The fourth-order valence-electron chi connectivity index (χ4n) is 2.17. The second-order valence-corrected chi connectivity index (χ2v) is 5.38. The van der Waals surface area contributed by atoms with Crippen molar-refractivity contribution >= 4 is 29.9 Å². The first-order chi connectivity index (χ1) is 10.4. The lowest BCUT2D eigenvalue weighted by Gasteiger charge is -2.16. The number of alkyl halides is 3. The van der Waals surface area contributed by atoms with Crippen molar-refractivity contribution in [3.8, 4) is 0 Å². The molecule has 0 heterocycles. The molecule has 0 radical (unpaired) electrons. The van der Waals surface area contributed by atoms with Crippen LogP contribution in [0.4, 0.5) is 17.6 Å². The van der Waals surface area contributed by atoms with Gasteiger partial charge in [-0.05, 0) is 30.0 Å². The second-order valence-electron chi connectivity index (χ2n) is 5.38. The van der Waals surface area contributed by atoms with E-state index in [9.17, 15) is 17.6 Å². The van der Waals surface area contributed by atoms with Crippen LogP contribution in [0.25, 0.3) is 0 Å². The second kappa shape index (κ2) is 8.70. The van der Waals surface area contributed by atoms with Crippen LogP contribution < -0.4 is 10.6 Å². The maximum atomic E-state index is 13.0. The summed E-state index contributed by atoms with van der Waals surface area (Å²) >= 11 is 0. The Morgan fingerprint density at radius 2 is 1.96 bits per heavy atom. The van der Waals surface area contributed by atoms with Gasteiger partial charge in [0.25, 0.3) is 0 Å². The molecule has 0 aliphatic heterocycles. The standard InChI is InChI=1S/C15H19F4N3.HI/c1-20-14(21-7-6-10-2-3-10)22-9-11-4-5-12(16)8-13(11)15(17,18)19;/h4-5,8,10H,2-3,6-7,9H2,1H3,(H2,20,21,22);1H. The molecule has 1 aliphatic rings. The number of guanidine groups is 1. The highest BCUT2D eigenvalue weighted by Crippen LogP contribution is 2.32. The third-order valence-electron chi connectivity index (χ3n) is 3.59. The number of nitrogens with one attached hydrogen (secondary N) is 2. The normalized spacial score (nSPS) is 15.1. The molecule has 1 aliphatic carbocycles. The molecule has 1 aromatic rings. The highest BCUT2D eigenvalue weighted by atomic mass is 127. The summed E-state index contributed by atoms with van der Waals surface area (Å²) in [6.45, 7) is 0.665. The van der Waals surface area contributed by atoms with Gasteiger partial charge in [-0.15, -0.1) is 24.0 Å². The molecule has 0 spiro atoms. The average Bonchev–Trinajstić information content (AvgIpc) is 3.26. The van der Waals surface area contributed by atoms with E-state index in [1.807, 2.05) is 0 Å². The molecule has 2 N–H and O–H groups in total. The smallest absolute Gasteiger partial charge is 0.356 e. The van der Waals surface area contributed by atoms with Gasteiger partial charge in [-0.3, -0.25) is 4.99 Å². The van der Waals surface area contributed by atoms with Crippen LogP contribution in [0, 0.1) is 11.7 Å². The van der Waals surface area contributed by atoms with Gasteiger partial charge in [0.2, 0.25) is 0 Å². The maximum absolute atomic E-state index is 13.0. The Balaban J connectivity index is 0.00000264. The third-order valence-corrected chi connectivity index (χ3v) is 3.59. The molecule has 0 bridgehead atoms. The van der Waals surface area contributed by atoms with E-state index in [2.05, 4.69) is 15.6 Å². The SMILES string of the molecule is CN=C(NCCC1CC1)NCc1ccc(F)cc1C(F)(F)F.I. The topological polar surface area (TPSA) is 36.4 Å². The molecule has 0 atom stereocenters. The molecule has 3 nitrogen and oxygen atoms in total. The maximum Gasteiger partial charge on any atom is 0.416 e. The molecule has 1 saturated carbocycles. The Morgan fingerprint density at radius 3 is 2.52 bits per heavy atom. The van der Waals surface area contributed by atoms with Crippen molar-refractivity contribution in [2.45, 2.75) is 32.0 Å². The molecule has 0 amide bonds. The summed E-state index contributed by atoms with van der Waals surface area (Å²) < 4.78 is 51.7. The molecular formula is C15H20F4IN3. The van der Waals surface area contributed by atoms with Gasteiger partial charge in [-0.25, -0.2) is 4.39 Å². The quantitative estimate of drug-likeness (QED) is 0.312. The van der Waals surface area contributed by atoms with Gasteiger partial charge in [0.1, 0.15) is 5.82 Å². The molecule has 130 valence electrons. The molecule has 8 heteroatoms. The van der Waals surface area contributed by atoms with Gasteiger partial charge in [-0.2, -0.15) is 13.2 Å². The highest BCUT2D eigenvalue weighted by Gasteiger charge is 2.33. The summed E-state index contributed by atoms with van der Waals surface area (Å²) in [5, 5.41) is 5.89. The number of aliphatic imine (C=N–C) groups is 1. The Hall–Kier alpha value is -1.06. The van der Waals surface area contributed by atoms with E-state index in [4.69, 9.17) is 0 Å². The first-order valence-corrected chi connectivity index (χ1v) is 7.20. The molecule has 0 saturated heterocycles. The van der Waals surface area contributed by atoms with Crippen LogP contribution in [0.2, 0.25) is 0 Å². The first kappa shape index (κ1) is 20.0. The number of nitrogens with zero attached hydrogens (tertiary/aromatic N) is 1. The van der Waals surface area contributed by atoms with E-state index in [1.165, 1.54) is 12.8 Å². The predicted octanol–water partition coefficient (Wildman–Crippen LogP) is 3.93. The number of hydrogen-bond donors (Lipinski definition) is 2. The highest BCUT2D eigenvalue weighted by molar-refractivity contribution is 14.0. The average molecular weight is 445 g/mol. The molecule has 23 heavy (non-hydrogen) atoms. The summed E-state index contributed by atoms with van der Waals surface area (Å²) in [6, 6.07) is 2.68. The number of hydrogen-bond acceptors (Lipinski definition) is 1. The Morgan fingerprint density at radius 1 is 1.26 bits per heavy atom. The summed E-state index contributed by atoms with van der Waals surface area (Å²) in [5.74, 6) is 0.306. The molecule has 1 fully saturated rings. The van der Waals surface area contributed by atoms with Crippen LogP contribution in [0.1, 0.15) is 30.4 Å². The van der Waals surface area contributed by atoms with E-state index in [0.29, 0.717) is 12.0 Å². The van der Waals surface area contributed by atoms with Crippen LogP contribution in [0.15, 0.2) is 23.2 Å². The van der Waals surface area contributed by atoms with Crippen LogP contribution in [-0.2, 0) is 12.7 Å². The van der Waals surface area contributed by atoms with E-state index in [1.54, 1.807) is 7.05 Å². The Bertz CT molecular complexity index is 542. The predicted molar refractivity (Wildman–Crippen MR) is 92.4 cm³/mol. The number of halogens is 5. The summed E-state index contributed by atoms with van der Waals surface area (Å²) in [4.78, 5) is 3.97. The molecular weight excluding hydrogens is 425 g/mol. The van der Waals surface area contributed by atoms with Gasteiger partial charge in [0.05, 0.1) is 5.56 Å². The van der Waals surface area contributed by atoms with Crippen molar-refractivity contribution in [3.63, 3.8) is 0 Å². The number of rotatable bonds is 5. The van der Waals surface area contributed by atoms with Crippen molar-refractivity contribution in [1.29, 1.82) is 0 Å². The summed E-state index contributed by atoms with van der Waals surface area (Å²) in [6.07, 6.45) is -1.05. The molecule has 2 rings (SSSR count). The van der Waals surface area contributed by atoms with Crippen molar-refractivity contribution in [2.24, 2.45) is 10.9 Å². The minimum atomic E-state index is -4.58. The Kier molecular flexibility index (Phi) is 7.56. The van der Waals surface area contributed by atoms with Crippen molar-refractivity contribution < 1.29 is 17.6 Å². The molecule has 0 unspecified atom stereocenters. The zero-order valence-electron chi connectivity index (χ0n) is 12.7. The van der Waals surface area contributed by atoms with Gasteiger partial charge in [0, 0.05) is 20.1 Å². The zero-order chi connectivity index (χ0) is 16.2. The lowest BCUT2D eigenvalue weighted by molar-refractivity contribution is -0.138. The van der Waals surface area contributed by atoms with E-state index in [0.717, 1.165) is 31.0 Å². The van der Waals surface area contributed by atoms with E-state index in [-0.39, 0.29) is 36.1 Å². The van der Waals surface area contributed by atoms with E-state index >= 15 is 0 Å². The van der Waals surface area contributed by atoms with E-state index < -0.39 is 17.6 Å². The van der Waals surface area contributed by atoms with Gasteiger partial charge in [-0.1, -0.05) is 18.9 Å². The van der Waals surface area contributed by atoms with Crippen molar-refractivity contribution in [1.82, 2.24) is 10.6 Å².